The Labute approximate surface area is 148 Å². The lowest BCUT2D eigenvalue weighted by molar-refractivity contribution is -0.118. The summed E-state index contributed by atoms with van der Waals surface area (Å²) in [5.74, 6) is 0.688. The van der Waals surface area contributed by atoms with E-state index in [0.29, 0.717) is 23.5 Å². The van der Waals surface area contributed by atoms with Gasteiger partial charge in [-0.15, -0.1) is 11.8 Å². The molecule has 7 heteroatoms. The molecule has 0 bridgehead atoms. The predicted octanol–water partition coefficient (Wildman–Crippen LogP) is 3.07. The molecule has 0 unspecified atom stereocenters. The van der Waals surface area contributed by atoms with Gasteiger partial charge >= 0.3 is 0 Å². The maximum atomic E-state index is 12.8. The van der Waals surface area contributed by atoms with Crippen LogP contribution in [0, 0.1) is 5.82 Å². The highest BCUT2D eigenvalue weighted by Crippen LogP contribution is 2.28. The van der Waals surface area contributed by atoms with Crippen LogP contribution in [0.5, 0.6) is 5.75 Å². The Hall–Kier alpha value is -2.54. The lowest BCUT2D eigenvalue weighted by atomic mass is 10.1. The van der Waals surface area contributed by atoms with Gasteiger partial charge in [0.15, 0.2) is 6.61 Å². The van der Waals surface area contributed by atoms with Crippen LogP contribution in [0.15, 0.2) is 47.4 Å². The molecule has 1 heterocycles. The quantitative estimate of drug-likeness (QED) is 0.614. The molecule has 0 atom stereocenters. The molecule has 0 radical (unpaired) electrons. The molecule has 0 saturated carbocycles. The van der Waals surface area contributed by atoms with Gasteiger partial charge in [-0.2, -0.15) is 0 Å². The van der Waals surface area contributed by atoms with Crippen molar-refractivity contribution in [1.29, 1.82) is 0 Å². The minimum absolute atomic E-state index is 0.0430. The van der Waals surface area contributed by atoms with E-state index in [4.69, 9.17) is 4.74 Å². The first kappa shape index (κ1) is 17.3. The molecular weight excluding hydrogens is 343 g/mol. The van der Waals surface area contributed by atoms with Gasteiger partial charge in [0, 0.05) is 17.0 Å². The van der Waals surface area contributed by atoms with Crippen LogP contribution in [0.2, 0.25) is 0 Å². The number of hydrogen-bond donors (Lipinski definition) is 2. The second kappa shape index (κ2) is 8.02. The molecule has 2 aromatic carbocycles. The summed E-state index contributed by atoms with van der Waals surface area (Å²) in [6.07, 6.45) is 0.797. The smallest absolute Gasteiger partial charge is 0.262 e. The van der Waals surface area contributed by atoms with Crippen LogP contribution >= 0.6 is 11.8 Å². The number of ether oxygens (including phenoxy) is 1. The van der Waals surface area contributed by atoms with Gasteiger partial charge in [0.05, 0.1) is 5.69 Å². The van der Waals surface area contributed by atoms with E-state index in [2.05, 4.69) is 10.6 Å². The van der Waals surface area contributed by atoms with E-state index in [-0.39, 0.29) is 24.2 Å². The number of benzene rings is 2. The third-order valence-corrected chi connectivity index (χ3v) is 4.66. The van der Waals surface area contributed by atoms with Crippen molar-refractivity contribution < 1.29 is 18.7 Å². The molecule has 0 saturated heterocycles. The molecule has 3 rings (SSSR count). The van der Waals surface area contributed by atoms with Crippen molar-refractivity contribution >= 4 is 29.3 Å². The molecule has 2 aromatic rings. The van der Waals surface area contributed by atoms with Gasteiger partial charge in [-0.05, 0) is 54.6 Å². The second-order valence-electron chi connectivity index (χ2n) is 5.46. The van der Waals surface area contributed by atoms with Crippen LogP contribution in [0.4, 0.5) is 10.1 Å². The third-order valence-electron chi connectivity index (χ3n) is 3.57. The van der Waals surface area contributed by atoms with Crippen LogP contribution in [-0.2, 0) is 4.79 Å². The highest BCUT2D eigenvalue weighted by molar-refractivity contribution is 7.99. The summed E-state index contributed by atoms with van der Waals surface area (Å²) in [4.78, 5) is 24.4. The molecule has 130 valence electrons. The first-order valence-electron chi connectivity index (χ1n) is 7.85. The van der Waals surface area contributed by atoms with Crippen molar-refractivity contribution in [2.24, 2.45) is 0 Å². The third kappa shape index (κ3) is 4.73. The van der Waals surface area contributed by atoms with Gasteiger partial charge in [0.2, 0.25) is 0 Å². The monoisotopic (exact) mass is 360 g/mol. The van der Waals surface area contributed by atoms with E-state index in [1.54, 1.807) is 42.1 Å². The normalized spacial score (nSPS) is 12.8. The molecule has 0 aromatic heterocycles. The van der Waals surface area contributed by atoms with Crippen LogP contribution in [-0.4, -0.2) is 30.7 Å². The van der Waals surface area contributed by atoms with Crippen LogP contribution in [0.1, 0.15) is 16.8 Å². The Morgan fingerprint density at radius 3 is 2.84 bits per heavy atom. The van der Waals surface area contributed by atoms with Gasteiger partial charge in [-0.1, -0.05) is 0 Å². The van der Waals surface area contributed by atoms with Gasteiger partial charge in [-0.25, -0.2) is 4.39 Å². The number of amides is 2. The number of halogens is 1. The summed E-state index contributed by atoms with van der Waals surface area (Å²) in [5, 5.41) is 5.54. The highest BCUT2D eigenvalue weighted by atomic mass is 32.2. The molecule has 2 N–H and O–H groups in total. The number of carbonyl (C=O) groups excluding carboxylic acids is 2. The molecule has 0 fully saturated rings. The number of nitrogens with one attached hydrogen (secondary N) is 2. The summed E-state index contributed by atoms with van der Waals surface area (Å²) in [7, 11) is 0. The summed E-state index contributed by atoms with van der Waals surface area (Å²) in [5.41, 5.74) is 1.06. The zero-order valence-electron chi connectivity index (χ0n) is 13.4. The fourth-order valence-electron chi connectivity index (χ4n) is 2.31. The number of carbonyl (C=O) groups is 2. The molecule has 2 amide bonds. The van der Waals surface area contributed by atoms with Crippen LogP contribution < -0.4 is 15.4 Å². The van der Waals surface area contributed by atoms with E-state index in [1.807, 2.05) is 0 Å². The van der Waals surface area contributed by atoms with Crippen molar-refractivity contribution in [1.82, 2.24) is 5.32 Å². The number of fused-ring (bicyclic) bond motifs is 1. The molecule has 1 aliphatic rings. The fourth-order valence-corrected chi connectivity index (χ4v) is 3.17. The van der Waals surface area contributed by atoms with Gasteiger partial charge < -0.3 is 15.4 Å². The first-order chi connectivity index (χ1) is 12.1. The van der Waals surface area contributed by atoms with Gasteiger partial charge in [0.1, 0.15) is 11.6 Å². The molecular formula is C18H17FN2O3S. The largest absolute Gasteiger partial charge is 0.482 e. The molecule has 5 nitrogen and oxygen atoms in total. The Morgan fingerprint density at radius 1 is 1.24 bits per heavy atom. The SMILES string of the molecule is O=C1COc2cc(C(=O)NCCCSc3ccc(F)cc3)ccc2N1. The average Bonchev–Trinajstić information content (AvgIpc) is 2.62. The molecule has 1 aliphatic heterocycles. The molecule has 0 aliphatic carbocycles. The lowest BCUT2D eigenvalue weighted by Crippen LogP contribution is -2.27. The average molecular weight is 360 g/mol. The van der Waals surface area contributed by atoms with Crippen molar-refractivity contribution in [3.05, 3.63) is 53.8 Å². The van der Waals surface area contributed by atoms with Gasteiger partial charge in [-0.3, -0.25) is 9.59 Å². The summed E-state index contributed by atoms with van der Waals surface area (Å²) < 4.78 is 18.1. The maximum Gasteiger partial charge on any atom is 0.262 e. The molecule has 0 spiro atoms. The van der Waals surface area contributed by atoms with E-state index in [1.165, 1.54) is 12.1 Å². The fraction of sp³-hybridized carbons (Fsp3) is 0.222. The summed E-state index contributed by atoms with van der Waals surface area (Å²) in [6.45, 7) is 0.500. The Morgan fingerprint density at radius 2 is 2.04 bits per heavy atom. The van der Waals surface area contributed by atoms with Crippen molar-refractivity contribution in [3.63, 3.8) is 0 Å². The zero-order valence-corrected chi connectivity index (χ0v) is 14.2. The van der Waals surface area contributed by atoms with Crippen LogP contribution in [0.25, 0.3) is 0 Å². The van der Waals surface area contributed by atoms with Crippen molar-refractivity contribution in [2.75, 3.05) is 24.2 Å². The maximum absolute atomic E-state index is 12.8. The van der Waals surface area contributed by atoms with Crippen molar-refractivity contribution in [2.45, 2.75) is 11.3 Å². The van der Waals surface area contributed by atoms with Crippen molar-refractivity contribution in [3.8, 4) is 5.75 Å². The van der Waals surface area contributed by atoms with Crippen LogP contribution in [0.3, 0.4) is 0 Å². The molecule has 25 heavy (non-hydrogen) atoms. The topological polar surface area (TPSA) is 67.4 Å². The van der Waals surface area contributed by atoms with E-state index < -0.39 is 0 Å². The second-order valence-corrected chi connectivity index (χ2v) is 6.63. The number of hydrogen-bond acceptors (Lipinski definition) is 4. The minimum Gasteiger partial charge on any atom is -0.482 e. The van der Waals surface area contributed by atoms with E-state index >= 15 is 0 Å². The van der Waals surface area contributed by atoms with E-state index in [9.17, 15) is 14.0 Å². The first-order valence-corrected chi connectivity index (χ1v) is 8.83. The van der Waals surface area contributed by atoms with E-state index in [0.717, 1.165) is 17.1 Å². The highest BCUT2D eigenvalue weighted by Gasteiger charge is 2.17. The lowest BCUT2D eigenvalue weighted by Gasteiger charge is -2.18. The number of thioether (sulfide) groups is 1. The Kier molecular flexibility index (Phi) is 5.55. The van der Waals surface area contributed by atoms with Gasteiger partial charge in [0.25, 0.3) is 11.8 Å². The predicted molar refractivity (Wildman–Crippen MR) is 94.6 cm³/mol. The number of anilines is 1. The summed E-state index contributed by atoms with van der Waals surface area (Å²) >= 11 is 1.62. The Bertz CT molecular complexity index is 780. The zero-order chi connectivity index (χ0) is 17.6. The summed E-state index contributed by atoms with van der Waals surface area (Å²) in [6, 6.07) is 11.3. The Balaban J connectivity index is 1.43. The minimum atomic E-state index is -0.245. The standard InChI is InChI=1S/C18H17FN2O3S/c19-13-3-5-14(6-4-13)25-9-1-8-20-18(23)12-2-7-15-16(10-12)24-11-17(22)21-15/h2-7,10H,1,8-9,11H2,(H,20,23)(H,21,22). The number of rotatable bonds is 6.